The summed E-state index contributed by atoms with van der Waals surface area (Å²) in [5.41, 5.74) is 0.256. The van der Waals surface area contributed by atoms with Gasteiger partial charge in [0.1, 0.15) is 5.76 Å². The molecule has 0 aromatic carbocycles. The molecule has 100 valence electrons. The van der Waals surface area contributed by atoms with Crippen molar-refractivity contribution in [2.45, 2.75) is 32.6 Å². The largest absolute Gasteiger partial charge is 0.469 e. The van der Waals surface area contributed by atoms with Gasteiger partial charge >= 0.3 is 0 Å². The lowest BCUT2D eigenvalue weighted by Gasteiger charge is -2.34. The summed E-state index contributed by atoms with van der Waals surface area (Å²) in [5, 5.41) is 6.39. The Morgan fingerprint density at radius 3 is 2.94 bits per heavy atom. The molecule has 1 aromatic heterocycles. The first-order valence-electron chi connectivity index (χ1n) is 6.68. The van der Waals surface area contributed by atoms with Crippen molar-refractivity contribution >= 4 is 5.91 Å². The van der Waals surface area contributed by atoms with Gasteiger partial charge in [-0.1, -0.05) is 6.92 Å². The highest BCUT2D eigenvalue weighted by Gasteiger charge is 2.26. The molecule has 1 amide bonds. The normalized spacial score (nSPS) is 18.5. The van der Waals surface area contributed by atoms with Crippen LogP contribution in [0.3, 0.4) is 0 Å². The van der Waals surface area contributed by atoms with Crippen molar-refractivity contribution in [3.05, 3.63) is 24.2 Å². The molecule has 4 heteroatoms. The van der Waals surface area contributed by atoms with E-state index in [1.165, 1.54) is 0 Å². The quantitative estimate of drug-likeness (QED) is 0.836. The van der Waals surface area contributed by atoms with E-state index in [9.17, 15) is 4.79 Å². The smallest absolute Gasteiger partial charge is 0.220 e. The fourth-order valence-corrected chi connectivity index (χ4v) is 2.30. The monoisotopic (exact) mass is 250 g/mol. The fraction of sp³-hybridized carbons (Fsp3) is 0.643. The van der Waals surface area contributed by atoms with Crippen LogP contribution < -0.4 is 10.6 Å². The standard InChI is InChI=1S/C14H22N2O2/c1-14(6-8-15-9-7-14)11-16-13(17)5-4-12-3-2-10-18-12/h2-3,10,15H,4-9,11H2,1H3,(H,16,17). The number of carbonyl (C=O) groups is 1. The lowest BCUT2D eigenvalue weighted by atomic mass is 9.81. The van der Waals surface area contributed by atoms with Crippen molar-refractivity contribution in [3.63, 3.8) is 0 Å². The van der Waals surface area contributed by atoms with Gasteiger partial charge in [-0.05, 0) is 43.5 Å². The van der Waals surface area contributed by atoms with E-state index < -0.39 is 0 Å². The van der Waals surface area contributed by atoms with Gasteiger partial charge in [0.05, 0.1) is 6.26 Å². The molecule has 2 rings (SSSR count). The van der Waals surface area contributed by atoms with Gasteiger partial charge in [0, 0.05) is 19.4 Å². The number of amides is 1. The number of hydrogen-bond acceptors (Lipinski definition) is 3. The van der Waals surface area contributed by atoms with Crippen LogP contribution in [0.5, 0.6) is 0 Å². The first-order chi connectivity index (χ1) is 8.68. The molecule has 2 heterocycles. The molecule has 1 saturated heterocycles. The minimum Gasteiger partial charge on any atom is -0.469 e. The maximum Gasteiger partial charge on any atom is 0.220 e. The molecule has 0 bridgehead atoms. The van der Waals surface area contributed by atoms with Crippen molar-refractivity contribution < 1.29 is 9.21 Å². The maximum atomic E-state index is 11.8. The zero-order valence-corrected chi connectivity index (χ0v) is 11.0. The molecule has 0 radical (unpaired) electrons. The van der Waals surface area contributed by atoms with Gasteiger partial charge in [-0.25, -0.2) is 0 Å². The number of piperidine rings is 1. The highest BCUT2D eigenvalue weighted by molar-refractivity contribution is 5.76. The summed E-state index contributed by atoms with van der Waals surface area (Å²) in [6.07, 6.45) is 5.08. The van der Waals surface area contributed by atoms with Crippen molar-refractivity contribution in [1.82, 2.24) is 10.6 Å². The Bertz CT molecular complexity index is 367. The number of nitrogens with one attached hydrogen (secondary N) is 2. The van der Waals surface area contributed by atoms with Crippen LogP contribution in [0.4, 0.5) is 0 Å². The molecule has 0 spiro atoms. The van der Waals surface area contributed by atoms with Gasteiger partial charge in [-0.3, -0.25) is 4.79 Å². The summed E-state index contributed by atoms with van der Waals surface area (Å²) in [6, 6.07) is 3.75. The van der Waals surface area contributed by atoms with Crippen LogP contribution in [-0.4, -0.2) is 25.5 Å². The van der Waals surface area contributed by atoms with E-state index in [1.807, 2.05) is 12.1 Å². The van der Waals surface area contributed by atoms with Crippen molar-refractivity contribution in [1.29, 1.82) is 0 Å². The van der Waals surface area contributed by atoms with Crippen LogP contribution >= 0.6 is 0 Å². The van der Waals surface area contributed by atoms with E-state index in [-0.39, 0.29) is 11.3 Å². The predicted molar refractivity (Wildman–Crippen MR) is 70.2 cm³/mol. The Balaban J connectivity index is 1.68. The second-order valence-electron chi connectivity index (χ2n) is 5.42. The molecular formula is C14H22N2O2. The van der Waals surface area contributed by atoms with Crippen LogP contribution in [0.1, 0.15) is 31.9 Å². The first kappa shape index (κ1) is 13.1. The molecule has 2 N–H and O–H groups in total. The van der Waals surface area contributed by atoms with Crippen molar-refractivity contribution in [2.24, 2.45) is 5.41 Å². The molecule has 0 unspecified atom stereocenters. The predicted octanol–water partition coefficient (Wildman–Crippen LogP) is 1.72. The van der Waals surface area contributed by atoms with Gasteiger partial charge in [-0.15, -0.1) is 0 Å². The number of furan rings is 1. The molecule has 1 aromatic rings. The fourth-order valence-electron chi connectivity index (χ4n) is 2.30. The van der Waals surface area contributed by atoms with Gasteiger partial charge in [0.15, 0.2) is 0 Å². The van der Waals surface area contributed by atoms with E-state index in [2.05, 4.69) is 17.6 Å². The molecule has 1 fully saturated rings. The van der Waals surface area contributed by atoms with E-state index in [1.54, 1.807) is 6.26 Å². The Morgan fingerprint density at radius 1 is 1.50 bits per heavy atom. The van der Waals surface area contributed by atoms with Gasteiger partial charge in [-0.2, -0.15) is 0 Å². The van der Waals surface area contributed by atoms with Crippen LogP contribution in [0.25, 0.3) is 0 Å². The number of hydrogen-bond donors (Lipinski definition) is 2. The lowest BCUT2D eigenvalue weighted by Crippen LogP contribution is -2.42. The van der Waals surface area contributed by atoms with Gasteiger partial charge in [0.2, 0.25) is 5.91 Å². The minimum absolute atomic E-state index is 0.117. The van der Waals surface area contributed by atoms with Crippen molar-refractivity contribution in [3.8, 4) is 0 Å². The molecule has 1 aliphatic rings. The van der Waals surface area contributed by atoms with Crippen LogP contribution in [0, 0.1) is 5.41 Å². The lowest BCUT2D eigenvalue weighted by molar-refractivity contribution is -0.121. The van der Waals surface area contributed by atoms with E-state index >= 15 is 0 Å². The number of aryl methyl sites for hydroxylation is 1. The molecule has 0 atom stereocenters. The van der Waals surface area contributed by atoms with Crippen LogP contribution in [0.2, 0.25) is 0 Å². The average Bonchev–Trinajstić information content (AvgIpc) is 2.88. The van der Waals surface area contributed by atoms with Crippen LogP contribution in [0.15, 0.2) is 22.8 Å². The van der Waals surface area contributed by atoms with E-state index in [4.69, 9.17) is 4.42 Å². The summed E-state index contributed by atoms with van der Waals surface area (Å²) in [6.45, 7) is 5.14. The third kappa shape index (κ3) is 3.88. The maximum absolute atomic E-state index is 11.8. The molecule has 0 saturated carbocycles. The highest BCUT2D eigenvalue weighted by atomic mass is 16.3. The second kappa shape index (κ2) is 6.05. The first-order valence-corrected chi connectivity index (χ1v) is 6.68. The summed E-state index contributed by atoms with van der Waals surface area (Å²) >= 11 is 0. The number of rotatable bonds is 5. The van der Waals surface area contributed by atoms with Gasteiger partial charge in [0.25, 0.3) is 0 Å². The molecule has 1 aliphatic heterocycles. The zero-order chi connectivity index (χ0) is 12.8. The van der Waals surface area contributed by atoms with Gasteiger partial charge < -0.3 is 15.1 Å². The topological polar surface area (TPSA) is 54.3 Å². The van der Waals surface area contributed by atoms with E-state index in [0.29, 0.717) is 12.8 Å². The Hall–Kier alpha value is -1.29. The average molecular weight is 250 g/mol. The number of carbonyl (C=O) groups excluding carboxylic acids is 1. The summed E-state index contributed by atoms with van der Waals surface area (Å²) in [5.74, 6) is 0.990. The van der Waals surface area contributed by atoms with Crippen molar-refractivity contribution in [2.75, 3.05) is 19.6 Å². The summed E-state index contributed by atoms with van der Waals surface area (Å²) in [7, 11) is 0. The third-order valence-electron chi connectivity index (χ3n) is 3.70. The van der Waals surface area contributed by atoms with Crippen LogP contribution in [-0.2, 0) is 11.2 Å². The molecule has 0 aliphatic carbocycles. The summed E-state index contributed by atoms with van der Waals surface area (Å²) in [4.78, 5) is 11.8. The Kier molecular flexibility index (Phi) is 4.42. The molecular weight excluding hydrogens is 228 g/mol. The van der Waals surface area contributed by atoms with E-state index in [0.717, 1.165) is 38.2 Å². The Labute approximate surface area is 108 Å². The third-order valence-corrected chi connectivity index (χ3v) is 3.70. The SMILES string of the molecule is CC1(CNC(=O)CCc2ccco2)CCNCC1. The Morgan fingerprint density at radius 2 is 2.28 bits per heavy atom. The molecule has 18 heavy (non-hydrogen) atoms. The second-order valence-corrected chi connectivity index (χ2v) is 5.42. The highest BCUT2D eigenvalue weighted by Crippen LogP contribution is 2.26. The minimum atomic E-state index is 0.117. The molecule has 4 nitrogen and oxygen atoms in total. The zero-order valence-electron chi connectivity index (χ0n) is 11.0. The summed E-state index contributed by atoms with van der Waals surface area (Å²) < 4.78 is 5.21.